The Balaban J connectivity index is 4.22. The summed E-state index contributed by atoms with van der Waals surface area (Å²) in [5.41, 5.74) is 0. The van der Waals surface area contributed by atoms with Gasteiger partial charge in [0, 0.05) is 19.3 Å². The number of esters is 3. The number of ether oxygens (including phenoxy) is 3. The van der Waals surface area contributed by atoms with E-state index in [0.717, 1.165) is 116 Å². The lowest BCUT2D eigenvalue weighted by molar-refractivity contribution is -0.167. The van der Waals surface area contributed by atoms with E-state index in [1.54, 1.807) is 0 Å². The van der Waals surface area contributed by atoms with Crippen molar-refractivity contribution in [2.75, 3.05) is 13.2 Å². The summed E-state index contributed by atoms with van der Waals surface area (Å²) < 4.78 is 16.8. The third-order valence-electron chi connectivity index (χ3n) is 12.5. The Kier molecular flexibility index (Phi) is 56.9. The fourth-order valence-corrected chi connectivity index (χ4v) is 8.03. The molecule has 0 aromatic carbocycles. The van der Waals surface area contributed by atoms with Crippen molar-refractivity contribution in [2.24, 2.45) is 0 Å². The van der Waals surface area contributed by atoms with Gasteiger partial charge in [-0.05, 0) is 109 Å². The molecule has 1 unspecified atom stereocenters. The average Bonchev–Trinajstić information content (AvgIpc) is 3.39. The van der Waals surface area contributed by atoms with Crippen molar-refractivity contribution in [1.29, 1.82) is 0 Å². The SMILES string of the molecule is CC/C=C\C/C=C\C/C=C\C/C=C\C/C=C\C/C=C\CCCCC(=O)OC(COC(=O)CCCCCCCCC)COC(=O)CCCCCCCCCCCCCCCC/C=C\C/C=C\C/C=C\C/C=C\CC. The molecule has 0 rings (SSSR count). The Labute approximate surface area is 450 Å². The predicted octanol–water partition coefficient (Wildman–Crippen LogP) is 20.4. The van der Waals surface area contributed by atoms with Crippen LogP contribution in [0.5, 0.6) is 0 Å². The molecule has 0 amide bonds. The highest BCUT2D eigenvalue weighted by Gasteiger charge is 2.19. The van der Waals surface area contributed by atoms with Crippen LogP contribution in [-0.4, -0.2) is 37.2 Å². The minimum Gasteiger partial charge on any atom is -0.462 e. The van der Waals surface area contributed by atoms with E-state index in [9.17, 15) is 14.4 Å². The third-order valence-corrected chi connectivity index (χ3v) is 12.5. The number of hydrogen-bond donors (Lipinski definition) is 0. The van der Waals surface area contributed by atoms with Crippen LogP contribution in [0, 0.1) is 0 Å². The first-order valence-electron chi connectivity index (χ1n) is 30.0. The molecular weight excluding hydrogens is 901 g/mol. The first-order valence-corrected chi connectivity index (χ1v) is 30.0. The second-order valence-electron chi connectivity index (χ2n) is 19.5. The van der Waals surface area contributed by atoms with E-state index < -0.39 is 6.10 Å². The molecule has 73 heavy (non-hydrogen) atoms. The topological polar surface area (TPSA) is 78.9 Å². The van der Waals surface area contributed by atoms with Gasteiger partial charge in [-0.2, -0.15) is 0 Å². The standard InChI is InChI=1S/C67H110O6/c1-4-7-10-13-16-18-20-22-24-26-28-30-31-32-33-34-35-37-38-40-42-44-46-48-51-54-57-60-66(69)72-63-64(62-71-65(68)59-56-53-50-15-12-9-6-3)73-67(70)61-58-55-52-49-47-45-43-41-39-36-29-27-25-23-21-19-17-14-11-8-5-2/h7-8,10-11,16-19,22-25,28-30,36,41,43,47,49,64H,4-6,9,12-15,20-21,26-27,31-35,37-40,42,44-46,48,50-63H2,1-3H3/b10-7-,11-8-,18-16-,19-17-,24-22-,25-23-,30-28-,36-29-,43-41-,49-47-. The highest BCUT2D eigenvalue weighted by molar-refractivity contribution is 5.71. The summed E-state index contributed by atoms with van der Waals surface area (Å²) in [6.07, 6.45) is 83.7. The fraction of sp³-hybridized carbons (Fsp3) is 0.657. The molecule has 0 saturated heterocycles. The maximum Gasteiger partial charge on any atom is 0.306 e. The molecular formula is C67H110O6. The predicted molar refractivity (Wildman–Crippen MR) is 316 cm³/mol. The van der Waals surface area contributed by atoms with Gasteiger partial charge < -0.3 is 14.2 Å². The Morgan fingerprint density at radius 3 is 0.863 bits per heavy atom. The molecule has 0 aliphatic rings. The van der Waals surface area contributed by atoms with E-state index in [2.05, 4.69) is 142 Å². The van der Waals surface area contributed by atoms with Crippen LogP contribution in [0.25, 0.3) is 0 Å². The van der Waals surface area contributed by atoms with Gasteiger partial charge in [-0.25, -0.2) is 0 Å². The van der Waals surface area contributed by atoms with Gasteiger partial charge in [-0.3, -0.25) is 14.4 Å². The summed E-state index contributed by atoms with van der Waals surface area (Å²) in [6, 6.07) is 0. The number of carbonyl (C=O) groups is 3. The monoisotopic (exact) mass is 1010 g/mol. The average molecular weight is 1010 g/mol. The molecule has 0 N–H and O–H groups in total. The Morgan fingerprint density at radius 2 is 0.534 bits per heavy atom. The number of carbonyl (C=O) groups excluding carboxylic acids is 3. The molecule has 0 aliphatic heterocycles. The summed E-state index contributed by atoms with van der Waals surface area (Å²) in [7, 11) is 0. The van der Waals surface area contributed by atoms with Gasteiger partial charge in [0.15, 0.2) is 6.10 Å². The fourth-order valence-electron chi connectivity index (χ4n) is 8.03. The van der Waals surface area contributed by atoms with Crippen molar-refractivity contribution in [2.45, 2.75) is 271 Å². The molecule has 0 aliphatic carbocycles. The number of allylic oxidation sites excluding steroid dienone is 20. The Morgan fingerprint density at radius 1 is 0.288 bits per heavy atom. The lowest BCUT2D eigenvalue weighted by atomic mass is 10.0. The molecule has 0 fully saturated rings. The summed E-state index contributed by atoms with van der Waals surface area (Å²) in [4.78, 5) is 38.0. The van der Waals surface area contributed by atoms with Crippen molar-refractivity contribution < 1.29 is 28.6 Å². The van der Waals surface area contributed by atoms with Gasteiger partial charge in [-0.1, -0.05) is 258 Å². The van der Waals surface area contributed by atoms with E-state index >= 15 is 0 Å². The summed E-state index contributed by atoms with van der Waals surface area (Å²) in [5, 5.41) is 0. The van der Waals surface area contributed by atoms with E-state index in [4.69, 9.17) is 14.2 Å². The molecule has 0 spiro atoms. The molecule has 0 saturated carbocycles. The normalized spacial score (nSPS) is 13.0. The Bertz CT molecular complexity index is 1540. The highest BCUT2D eigenvalue weighted by atomic mass is 16.6. The summed E-state index contributed by atoms with van der Waals surface area (Å²) >= 11 is 0. The molecule has 0 aromatic heterocycles. The maximum atomic E-state index is 12.8. The first kappa shape index (κ1) is 68.8. The van der Waals surface area contributed by atoms with Crippen molar-refractivity contribution in [1.82, 2.24) is 0 Å². The number of unbranched alkanes of at least 4 members (excludes halogenated alkanes) is 22. The van der Waals surface area contributed by atoms with Gasteiger partial charge in [0.25, 0.3) is 0 Å². The van der Waals surface area contributed by atoms with Gasteiger partial charge >= 0.3 is 17.9 Å². The molecule has 1 atom stereocenters. The van der Waals surface area contributed by atoms with Crippen molar-refractivity contribution in [3.05, 3.63) is 122 Å². The Hall–Kier alpha value is -4.19. The largest absolute Gasteiger partial charge is 0.462 e. The zero-order valence-electron chi connectivity index (χ0n) is 47.4. The first-order chi connectivity index (χ1) is 36.0. The molecule has 6 nitrogen and oxygen atoms in total. The lowest BCUT2D eigenvalue weighted by Crippen LogP contribution is -2.30. The van der Waals surface area contributed by atoms with Crippen molar-refractivity contribution in [3.63, 3.8) is 0 Å². The molecule has 414 valence electrons. The lowest BCUT2D eigenvalue weighted by Gasteiger charge is -2.18. The quantitative estimate of drug-likeness (QED) is 0.0261. The van der Waals surface area contributed by atoms with Crippen LogP contribution in [0.3, 0.4) is 0 Å². The smallest absolute Gasteiger partial charge is 0.306 e. The van der Waals surface area contributed by atoms with Crippen molar-refractivity contribution in [3.8, 4) is 0 Å². The highest BCUT2D eigenvalue weighted by Crippen LogP contribution is 2.15. The second-order valence-corrected chi connectivity index (χ2v) is 19.5. The van der Waals surface area contributed by atoms with Gasteiger partial charge in [0.05, 0.1) is 0 Å². The molecule has 0 radical (unpaired) electrons. The molecule has 6 heteroatoms. The van der Waals surface area contributed by atoms with Crippen LogP contribution in [-0.2, 0) is 28.6 Å². The third kappa shape index (κ3) is 58.6. The van der Waals surface area contributed by atoms with Crippen LogP contribution in [0.15, 0.2) is 122 Å². The van der Waals surface area contributed by atoms with Crippen LogP contribution in [0.4, 0.5) is 0 Å². The molecule has 0 bridgehead atoms. The van der Waals surface area contributed by atoms with Crippen LogP contribution < -0.4 is 0 Å². The zero-order valence-corrected chi connectivity index (χ0v) is 47.4. The number of rotatable bonds is 53. The summed E-state index contributed by atoms with van der Waals surface area (Å²) in [5.74, 6) is -0.947. The second kappa shape index (κ2) is 60.4. The zero-order chi connectivity index (χ0) is 52.9. The number of hydrogen-bond acceptors (Lipinski definition) is 6. The van der Waals surface area contributed by atoms with E-state index in [0.29, 0.717) is 19.3 Å². The van der Waals surface area contributed by atoms with Gasteiger partial charge in [-0.15, -0.1) is 0 Å². The van der Waals surface area contributed by atoms with Crippen LogP contribution >= 0.6 is 0 Å². The minimum absolute atomic E-state index is 0.0966. The summed E-state index contributed by atoms with van der Waals surface area (Å²) in [6.45, 7) is 6.34. The molecule has 0 aromatic rings. The van der Waals surface area contributed by atoms with Crippen LogP contribution in [0.2, 0.25) is 0 Å². The van der Waals surface area contributed by atoms with Crippen molar-refractivity contribution >= 4 is 17.9 Å². The van der Waals surface area contributed by atoms with E-state index in [1.807, 2.05) is 0 Å². The van der Waals surface area contributed by atoms with E-state index in [-0.39, 0.29) is 37.5 Å². The van der Waals surface area contributed by atoms with E-state index in [1.165, 1.54) is 103 Å². The van der Waals surface area contributed by atoms with Gasteiger partial charge in [0.1, 0.15) is 13.2 Å². The molecule has 0 heterocycles. The van der Waals surface area contributed by atoms with Gasteiger partial charge in [0.2, 0.25) is 0 Å². The maximum absolute atomic E-state index is 12.8. The van der Waals surface area contributed by atoms with Crippen LogP contribution in [0.1, 0.15) is 265 Å². The minimum atomic E-state index is -0.801.